The highest BCUT2D eigenvalue weighted by atomic mass is 16.4. The molecule has 0 aliphatic carbocycles. The predicted molar refractivity (Wildman–Crippen MR) is 418 cm³/mol. The van der Waals surface area contributed by atoms with Gasteiger partial charge in [-0.25, -0.2) is 0 Å². The Balaban J connectivity index is 1.39. The van der Waals surface area contributed by atoms with Crippen molar-refractivity contribution in [3.8, 4) is 5.75 Å². The van der Waals surface area contributed by atoms with Crippen LogP contribution in [0.1, 0.15) is 213 Å². The second kappa shape index (κ2) is 44.2. The number of phenols is 1. The fourth-order valence-electron chi connectivity index (χ4n) is 15.2. The zero-order valence-corrected chi connectivity index (χ0v) is 66.0. The third-order valence-corrected chi connectivity index (χ3v) is 21.9. The smallest absolute Gasteiger partial charge is 0.303 e. The number of nitrogens with two attached hydrogens (primary N) is 1. The maximum atomic E-state index is 15.6. The highest BCUT2D eigenvalue weighted by Gasteiger charge is 2.47. The summed E-state index contributed by atoms with van der Waals surface area (Å²) in [6.07, 6.45) is 1.89. The Kier molecular flexibility index (Phi) is 36.1. The molecule has 6 rings (SSSR count). The quantitative estimate of drug-likeness (QED) is 0.0245. The molecule has 608 valence electrons. The van der Waals surface area contributed by atoms with Crippen LogP contribution in [-0.4, -0.2) is 174 Å². The molecule has 26 heteroatoms. The Labute approximate surface area is 651 Å². The number of amides is 6. The summed E-state index contributed by atoms with van der Waals surface area (Å²) in [5, 5.41) is 57.4. The molecule has 26 nitrogen and oxygen atoms in total. The number of carbonyl (C=O) groups excluding carboxylic acids is 13. The summed E-state index contributed by atoms with van der Waals surface area (Å²) >= 11 is 0. The standard InChI is InChI=1S/C85H120N8O18/c1-52(2)38-61-43-72(99)55(6)88-79(107)63(42-68-66-27-18-17-25-60(66)49-87-68)45-73(100)70(41-58-28-31-64(97)32-29-58)90-78(106)59(30-33-77(104)105)46-76(103)84(8,34-19-12-10-9-11-13-20-36-93-37-35-85(51-93,83(86)111)48-75(102)69(39-53(3)4)89-80(61)108)92-81(109)62(40-57-23-15-14-16-24-57)44-74(101)71(50-94)91-82(110)67(56(7)96)47-65(98)26-21-22-54(5)95/h14-18,23-25,27-29,31-32,49,52-53,55-56,59,61-63,67,69-71,87,94,96-97H,9-13,19-22,26,30,33-48,50-51H2,1-8H3,(H2,86,111)(H,88,107)(H,89,108)(H,90,106)(H,91,110)(H,92,109)(H,104,105)/t55-,56?,59+,61+,62+,63+,67-,69-,70-,71-,84+,85-/m0/s1. The number of carbonyl (C=O) groups is 14. The number of carboxylic acids is 1. The fraction of sp³-hybridized carbons (Fsp3) is 0.600. The zero-order valence-electron chi connectivity index (χ0n) is 66.0. The lowest BCUT2D eigenvalue weighted by molar-refractivity contribution is -0.140. The van der Waals surface area contributed by atoms with Gasteiger partial charge in [-0.05, 0) is 139 Å². The summed E-state index contributed by atoms with van der Waals surface area (Å²) in [6.45, 7) is 13.7. The summed E-state index contributed by atoms with van der Waals surface area (Å²) in [4.78, 5) is 204. The third kappa shape index (κ3) is 29.2. The summed E-state index contributed by atoms with van der Waals surface area (Å²) in [7, 11) is 0. The highest BCUT2D eigenvalue weighted by Crippen LogP contribution is 2.36. The average molecular weight is 1540 g/mol. The number of nitrogens with one attached hydrogen (secondary N) is 6. The molecule has 0 saturated carbocycles. The minimum Gasteiger partial charge on any atom is -0.508 e. The van der Waals surface area contributed by atoms with E-state index in [2.05, 4.69) is 36.5 Å². The van der Waals surface area contributed by atoms with E-state index in [4.69, 9.17) is 5.73 Å². The Hall–Kier alpha value is -9.14. The lowest BCUT2D eigenvalue weighted by Crippen LogP contribution is -2.56. The van der Waals surface area contributed by atoms with Crippen molar-refractivity contribution in [2.24, 2.45) is 52.6 Å². The van der Waals surface area contributed by atoms with Crippen molar-refractivity contribution in [2.45, 2.75) is 252 Å². The first-order valence-corrected chi connectivity index (χ1v) is 39.7. The Morgan fingerprint density at radius 1 is 0.649 bits per heavy atom. The number of primary amides is 1. The number of aromatic amines is 1. The van der Waals surface area contributed by atoms with Crippen LogP contribution in [0.3, 0.4) is 0 Å². The number of aromatic hydroxyl groups is 1. The van der Waals surface area contributed by atoms with Crippen LogP contribution in [0.25, 0.3) is 10.8 Å². The van der Waals surface area contributed by atoms with Crippen molar-refractivity contribution in [1.29, 1.82) is 0 Å². The van der Waals surface area contributed by atoms with E-state index in [0.29, 0.717) is 55.6 Å². The van der Waals surface area contributed by atoms with Crippen molar-refractivity contribution in [3.05, 3.63) is 102 Å². The van der Waals surface area contributed by atoms with Gasteiger partial charge in [-0.2, -0.15) is 0 Å². The molecule has 2 unspecified atom stereocenters. The number of hydrogen-bond donors (Lipinski definition) is 11. The summed E-state index contributed by atoms with van der Waals surface area (Å²) < 4.78 is 0. The molecule has 111 heavy (non-hydrogen) atoms. The van der Waals surface area contributed by atoms with Crippen LogP contribution in [0.4, 0.5) is 0 Å². The Morgan fingerprint density at radius 3 is 1.91 bits per heavy atom. The van der Waals surface area contributed by atoms with E-state index in [1.54, 1.807) is 42.6 Å². The van der Waals surface area contributed by atoms with E-state index >= 15 is 24.0 Å². The number of Topliss-reactive ketones (excluding diaryl/α,β-unsaturated/α-hetero) is 7. The van der Waals surface area contributed by atoms with Gasteiger partial charge in [0.05, 0.1) is 53.6 Å². The topological polar surface area (TPSA) is 425 Å². The SMILES string of the molecule is CC(=O)CCCC(=O)C[C@H](C(=O)N[C@@H](CO)C(=O)C[C@@H](Cc1ccccc1)C(=O)N[C@]1(C)CCCCCCCCCN2CC[C@](C(N)=O)(CC(=O)[C@H](CC(C)C)NC(=O)[C@H](CC(C)C)CC(=O)[C@H](C)NC(=O)[C@H](Cc3[nH]cc4ccccc34)CC(=O)[C@H](Cc3ccc(O)cc3)NC(=O)[C@H](CCC(=O)O)CC1=O)C2)C(C)O. The summed E-state index contributed by atoms with van der Waals surface area (Å²) in [5.74, 6) is -16.0. The predicted octanol–water partition coefficient (Wildman–Crippen LogP) is 7.97. The van der Waals surface area contributed by atoms with Gasteiger partial charge in [-0.15, -0.1) is 0 Å². The van der Waals surface area contributed by atoms with Crippen LogP contribution in [0.5, 0.6) is 5.75 Å². The average Bonchev–Trinajstić information content (AvgIpc) is 1.21. The molecular weight excluding hydrogens is 1420 g/mol. The number of fused-ring (bicyclic) bond motifs is 3. The number of nitrogens with zero attached hydrogens (tertiary/aromatic N) is 1. The van der Waals surface area contributed by atoms with Crippen LogP contribution >= 0.6 is 0 Å². The van der Waals surface area contributed by atoms with Crippen LogP contribution in [0, 0.1) is 46.8 Å². The van der Waals surface area contributed by atoms with Gasteiger partial charge in [-0.3, -0.25) is 62.3 Å². The largest absolute Gasteiger partial charge is 0.508 e. The van der Waals surface area contributed by atoms with Crippen molar-refractivity contribution in [1.82, 2.24) is 36.5 Å². The summed E-state index contributed by atoms with van der Waals surface area (Å²) in [6, 6.07) is 16.4. The van der Waals surface area contributed by atoms with Gasteiger partial charge in [0.15, 0.2) is 28.9 Å². The van der Waals surface area contributed by atoms with Gasteiger partial charge in [0, 0.05) is 106 Å². The van der Waals surface area contributed by atoms with E-state index < -0.39 is 186 Å². The maximum absolute atomic E-state index is 15.6. The van der Waals surface area contributed by atoms with Crippen molar-refractivity contribution < 1.29 is 87.5 Å². The van der Waals surface area contributed by atoms with E-state index in [-0.39, 0.29) is 106 Å². The van der Waals surface area contributed by atoms with Gasteiger partial charge in [0.1, 0.15) is 23.4 Å². The molecule has 2 bridgehead atoms. The second-order valence-electron chi connectivity index (χ2n) is 32.3. The number of benzene rings is 3. The van der Waals surface area contributed by atoms with Gasteiger partial charge in [0.25, 0.3) is 0 Å². The van der Waals surface area contributed by atoms with Gasteiger partial charge in [-0.1, -0.05) is 133 Å². The number of carboxylic acid groups (broad SMARTS) is 1. The lowest BCUT2D eigenvalue weighted by Gasteiger charge is -2.33. The normalized spacial score (nSPS) is 24.2. The number of phenolic OH excluding ortho intramolecular Hbond substituents is 1. The zero-order chi connectivity index (χ0) is 81.7. The molecule has 0 spiro atoms. The fourth-order valence-corrected chi connectivity index (χ4v) is 15.2. The van der Waals surface area contributed by atoms with E-state index in [9.17, 15) is 63.6 Å². The highest BCUT2D eigenvalue weighted by molar-refractivity contribution is 6.01. The lowest BCUT2D eigenvalue weighted by atomic mass is 9.79. The minimum atomic E-state index is -1.83. The van der Waals surface area contributed by atoms with E-state index in [0.717, 1.165) is 36.5 Å². The van der Waals surface area contributed by atoms with Crippen LogP contribution in [-0.2, 0) is 86.4 Å². The minimum absolute atomic E-state index is 0.0196. The molecule has 2 aliphatic heterocycles. The number of aliphatic hydroxyl groups is 2. The first-order valence-electron chi connectivity index (χ1n) is 39.7. The first-order chi connectivity index (χ1) is 52.6. The maximum Gasteiger partial charge on any atom is 0.303 e. The Bertz CT molecular complexity index is 3850. The molecule has 3 aromatic carbocycles. The molecule has 2 aliphatic rings. The molecular formula is C85H120N8O18. The molecule has 6 amide bonds. The monoisotopic (exact) mass is 1540 g/mol. The molecule has 2 saturated heterocycles. The number of aliphatic carboxylic acids is 1. The molecule has 4 aromatic rings. The van der Waals surface area contributed by atoms with Gasteiger partial charge < -0.3 is 67.4 Å². The number of rotatable bonds is 29. The molecule has 3 heterocycles. The van der Waals surface area contributed by atoms with E-state index in [1.165, 1.54) is 52.0 Å². The van der Waals surface area contributed by atoms with Crippen LogP contribution < -0.4 is 32.3 Å². The van der Waals surface area contributed by atoms with Crippen LogP contribution in [0.2, 0.25) is 0 Å². The molecule has 0 radical (unpaired) electrons. The molecule has 13 atom stereocenters. The Morgan fingerprint density at radius 2 is 1.27 bits per heavy atom. The number of hydrogen-bond acceptors (Lipinski definition) is 18. The van der Waals surface area contributed by atoms with Gasteiger partial charge >= 0.3 is 5.97 Å². The molecule has 1 aromatic heterocycles. The van der Waals surface area contributed by atoms with Crippen molar-refractivity contribution >= 4 is 92.7 Å². The third-order valence-electron chi connectivity index (χ3n) is 21.9. The molecule has 2 fully saturated rings. The first kappa shape index (κ1) is 90.7. The van der Waals surface area contributed by atoms with Crippen LogP contribution in [0.15, 0.2) is 85.1 Å². The molecule has 12 N–H and O–H groups in total. The number of H-pyrrole nitrogens is 1. The number of ketones is 7. The van der Waals surface area contributed by atoms with Gasteiger partial charge in [0.2, 0.25) is 35.4 Å². The summed E-state index contributed by atoms with van der Waals surface area (Å²) in [5.41, 5.74) is 4.73. The number of aromatic nitrogens is 1. The van der Waals surface area contributed by atoms with E-state index in [1.807, 2.05) is 45.9 Å². The number of aliphatic hydroxyl groups excluding tert-OH is 2. The second-order valence-corrected chi connectivity index (χ2v) is 32.3. The van der Waals surface area contributed by atoms with Crippen molar-refractivity contribution in [2.75, 3.05) is 26.2 Å². The van der Waals surface area contributed by atoms with Crippen molar-refractivity contribution in [3.63, 3.8) is 0 Å².